The molecule has 1 spiro atoms. The van der Waals surface area contributed by atoms with E-state index in [1.54, 1.807) is 13.0 Å². The first-order chi connectivity index (χ1) is 15.1. The average molecular weight is 479 g/mol. The van der Waals surface area contributed by atoms with Gasteiger partial charge in [-0.1, -0.05) is 29.8 Å². The molecule has 0 bridgehead atoms. The molecule has 2 aliphatic rings. The molecule has 2 fully saturated rings. The SMILES string of the molecule is C[C@H](/C=C/S(C)(=O)=O)NC(=O)c1cnc(N2CC3(CC3)C[C@H]2c2cccc(F)c2Cl)cn1. The molecular formula is C22H24ClFN4O3S. The quantitative estimate of drug-likeness (QED) is 0.681. The minimum atomic E-state index is -3.27. The molecular weight excluding hydrogens is 455 g/mol. The van der Waals surface area contributed by atoms with Crippen LogP contribution in [0, 0.1) is 11.2 Å². The summed E-state index contributed by atoms with van der Waals surface area (Å²) in [5.41, 5.74) is 1.04. The number of carbonyl (C=O) groups is 1. The van der Waals surface area contributed by atoms with Crippen LogP contribution in [0.3, 0.4) is 0 Å². The van der Waals surface area contributed by atoms with Gasteiger partial charge in [0.2, 0.25) is 0 Å². The molecule has 2 aromatic rings. The molecule has 1 aliphatic heterocycles. The number of sulfone groups is 1. The van der Waals surface area contributed by atoms with Crippen LogP contribution in [-0.2, 0) is 9.84 Å². The molecule has 1 saturated carbocycles. The highest BCUT2D eigenvalue weighted by molar-refractivity contribution is 7.93. The Bertz CT molecular complexity index is 1170. The summed E-state index contributed by atoms with van der Waals surface area (Å²) < 4.78 is 36.5. The first-order valence-corrected chi connectivity index (χ1v) is 12.6. The number of rotatable bonds is 6. The predicted molar refractivity (Wildman–Crippen MR) is 121 cm³/mol. The van der Waals surface area contributed by atoms with Crippen molar-refractivity contribution in [1.82, 2.24) is 15.3 Å². The topological polar surface area (TPSA) is 92.3 Å². The second-order valence-corrected chi connectivity index (χ2v) is 11.0. The molecule has 1 amide bonds. The number of anilines is 1. The van der Waals surface area contributed by atoms with Crippen molar-refractivity contribution in [3.05, 3.63) is 64.2 Å². The maximum Gasteiger partial charge on any atom is 0.271 e. The molecule has 0 unspecified atom stereocenters. The van der Waals surface area contributed by atoms with Crippen molar-refractivity contribution in [2.45, 2.75) is 38.3 Å². The Labute approximate surface area is 191 Å². The second-order valence-electron chi connectivity index (χ2n) is 8.67. The van der Waals surface area contributed by atoms with Crippen molar-refractivity contribution in [2.24, 2.45) is 5.41 Å². The highest BCUT2D eigenvalue weighted by Gasteiger charge is 2.53. The van der Waals surface area contributed by atoms with E-state index in [-0.39, 0.29) is 22.2 Å². The van der Waals surface area contributed by atoms with Crippen LogP contribution in [0.2, 0.25) is 5.02 Å². The van der Waals surface area contributed by atoms with Crippen molar-refractivity contribution < 1.29 is 17.6 Å². The number of amides is 1. The van der Waals surface area contributed by atoms with Gasteiger partial charge in [-0.15, -0.1) is 0 Å². The maximum atomic E-state index is 14.1. The molecule has 2 atom stereocenters. The van der Waals surface area contributed by atoms with Crippen LogP contribution in [-0.4, -0.2) is 43.1 Å². The number of halogens is 2. The third kappa shape index (κ3) is 4.94. The lowest BCUT2D eigenvalue weighted by molar-refractivity contribution is 0.0941. The van der Waals surface area contributed by atoms with E-state index in [9.17, 15) is 17.6 Å². The fourth-order valence-electron chi connectivity index (χ4n) is 4.07. The molecule has 0 radical (unpaired) electrons. The van der Waals surface area contributed by atoms with Gasteiger partial charge in [0.05, 0.1) is 23.5 Å². The molecule has 2 heterocycles. The van der Waals surface area contributed by atoms with Crippen LogP contribution < -0.4 is 10.2 Å². The summed E-state index contributed by atoms with van der Waals surface area (Å²) in [6.07, 6.45) is 8.48. The number of hydrogen-bond donors (Lipinski definition) is 1. The largest absolute Gasteiger partial charge is 0.348 e. The third-order valence-electron chi connectivity index (χ3n) is 5.94. The summed E-state index contributed by atoms with van der Waals surface area (Å²) in [7, 11) is -3.27. The predicted octanol–water partition coefficient (Wildman–Crippen LogP) is 3.68. The summed E-state index contributed by atoms with van der Waals surface area (Å²) in [6, 6.07) is 4.23. The Morgan fingerprint density at radius 1 is 1.34 bits per heavy atom. The molecule has 1 aromatic carbocycles. The first kappa shape index (κ1) is 22.7. The lowest BCUT2D eigenvalue weighted by Crippen LogP contribution is -2.32. The van der Waals surface area contributed by atoms with Crippen LogP contribution in [0.1, 0.15) is 48.3 Å². The highest BCUT2D eigenvalue weighted by Crippen LogP contribution is 2.59. The fraction of sp³-hybridized carbons (Fsp3) is 0.409. The van der Waals surface area contributed by atoms with E-state index in [1.807, 2.05) is 6.07 Å². The third-order valence-corrected chi connectivity index (χ3v) is 6.99. The summed E-state index contributed by atoms with van der Waals surface area (Å²) in [4.78, 5) is 23.2. The molecule has 10 heteroatoms. The summed E-state index contributed by atoms with van der Waals surface area (Å²) in [5.74, 6) is -0.307. The van der Waals surface area contributed by atoms with Crippen molar-refractivity contribution in [2.75, 3.05) is 17.7 Å². The Morgan fingerprint density at radius 2 is 2.09 bits per heavy atom. The number of carbonyl (C=O) groups excluding carboxylic acids is 1. The normalized spacial score (nSPS) is 20.6. The van der Waals surface area contributed by atoms with Gasteiger partial charge in [0, 0.05) is 24.3 Å². The summed E-state index contributed by atoms with van der Waals surface area (Å²) >= 11 is 6.27. The first-order valence-electron chi connectivity index (χ1n) is 10.3. The number of nitrogens with zero attached hydrogens (tertiary/aromatic N) is 3. The van der Waals surface area contributed by atoms with Crippen LogP contribution in [0.15, 0.2) is 42.1 Å². The van der Waals surface area contributed by atoms with Crippen molar-refractivity contribution >= 4 is 33.2 Å². The van der Waals surface area contributed by atoms with E-state index in [4.69, 9.17) is 11.6 Å². The van der Waals surface area contributed by atoms with E-state index in [0.717, 1.165) is 43.0 Å². The van der Waals surface area contributed by atoms with Gasteiger partial charge in [0.25, 0.3) is 5.91 Å². The molecule has 1 saturated heterocycles. The van der Waals surface area contributed by atoms with Gasteiger partial charge >= 0.3 is 0 Å². The van der Waals surface area contributed by atoms with Crippen LogP contribution in [0.25, 0.3) is 0 Å². The molecule has 1 aromatic heterocycles. The van der Waals surface area contributed by atoms with Gasteiger partial charge < -0.3 is 10.2 Å². The average Bonchev–Trinajstić information content (AvgIpc) is 3.39. The lowest BCUT2D eigenvalue weighted by atomic mass is 9.98. The maximum absolute atomic E-state index is 14.1. The summed E-state index contributed by atoms with van der Waals surface area (Å²) in [5, 5.41) is 3.84. The molecule has 1 aliphatic carbocycles. The van der Waals surface area contributed by atoms with Gasteiger partial charge in [0.1, 0.15) is 17.3 Å². The van der Waals surface area contributed by atoms with E-state index in [0.29, 0.717) is 5.82 Å². The number of hydrogen-bond acceptors (Lipinski definition) is 6. The zero-order valence-electron chi connectivity index (χ0n) is 17.8. The monoisotopic (exact) mass is 478 g/mol. The number of benzene rings is 1. The zero-order chi connectivity index (χ0) is 23.1. The minimum Gasteiger partial charge on any atom is -0.348 e. The standard InChI is InChI=1S/C22H24ClFN4O3S/c1-14(6-9-32(2,30)31)27-21(29)17-11-26-19(12-25-17)28-13-22(7-8-22)10-18(28)15-4-3-5-16(24)20(15)23/h3-6,9,11-12,14,18H,7-8,10,13H2,1-2H3,(H,27,29)/b9-6+/t14-,18+/m1/s1. The highest BCUT2D eigenvalue weighted by atomic mass is 35.5. The Balaban J connectivity index is 1.52. The van der Waals surface area contributed by atoms with E-state index < -0.39 is 27.6 Å². The smallest absolute Gasteiger partial charge is 0.271 e. The van der Waals surface area contributed by atoms with Gasteiger partial charge in [-0.05, 0) is 43.2 Å². The van der Waals surface area contributed by atoms with E-state index in [1.165, 1.54) is 24.5 Å². The summed E-state index contributed by atoms with van der Waals surface area (Å²) in [6.45, 7) is 2.44. The molecule has 7 nitrogen and oxygen atoms in total. The van der Waals surface area contributed by atoms with Crippen LogP contribution >= 0.6 is 11.6 Å². The van der Waals surface area contributed by atoms with Crippen LogP contribution in [0.4, 0.5) is 10.2 Å². The lowest BCUT2D eigenvalue weighted by Gasteiger charge is -2.26. The Kier molecular flexibility index (Phi) is 5.98. The molecule has 32 heavy (non-hydrogen) atoms. The van der Waals surface area contributed by atoms with Crippen LogP contribution in [0.5, 0.6) is 0 Å². The number of aromatic nitrogens is 2. The van der Waals surface area contributed by atoms with Gasteiger partial charge in [0.15, 0.2) is 9.84 Å². The zero-order valence-corrected chi connectivity index (χ0v) is 19.3. The van der Waals surface area contributed by atoms with Gasteiger partial charge in [-0.3, -0.25) is 4.79 Å². The van der Waals surface area contributed by atoms with Crippen molar-refractivity contribution in [3.8, 4) is 0 Å². The second kappa shape index (κ2) is 8.44. The van der Waals surface area contributed by atoms with E-state index in [2.05, 4.69) is 20.2 Å². The Morgan fingerprint density at radius 3 is 2.72 bits per heavy atom. The van der Waals surface area contributed by atoms with E-state index >= 15 is 0 Å². The van der Waals surface area contributed by atoms with Gasteiger partial charge in [-0.2, -0.15) is 0 Å². The van der Waals surface area contributed by atoms with Crippen molar-refractivity contribution in [1.29, 1.82) is 0 Å². The molecule has 4 rings (SSSR count). The number of nitrogens with one attached hydrogen (secondary N) is 1. The van der Waals surface area contributed by atoms with Crippen molar-refractivity contribution in [3.63, 3.8) is 0 Å². The minimum absolute atomic E-state index is 0.115. The molecule has 1 N–H and O–H groups in total. The molecule has 170 valence electrons. The van der Waals surface area contributed by atoms with Gasteiger partial charge in [-0.25, -0.2) is 22.8 Å². The fourth-order valence-corrected chi connectivity index (χ4v) is 4.84. The Hall–Kier alpha value is -2.52.